The quantitative estimate of drug-likeness (QED) is 0.786. The molecule has 0 saturated heterocycles. The van der Waals surface area contributed by atoms with Crippen LogP contribution >= 0.6 is 0 Å². The van der Waals surface area contributed by atoms with Gasteiger partial charge in [-0.25, -0.2) is 18.7 Å². The summed E-state index contributed by atoms with van der Waals surface area (Å²) in [6, 6.07) is 6.22. The first-order valence-corrected chi connectivity index (χ1v) is 7.59. The molecule has 0 aliphatic heterocycles. The van der Waals surface area contributed by atoms with Crippen LogP contribution in [0.1, 0.15) is 23.0 Å². The molecule has 1 amide bonds. The first-order chi connectivity index (χ1) is 12.0. The maximum absolute atomic E-state index is 13.6. The standard InChI is InChI=1S/C17H14F2N4O2/c1-2-23-15-13(4-3-7-20-15)22-14(17(23)25)16(24)21-9-10-8-11(18)5-6-12(10)19/h3-8H,2,9H2,1H3,(H,21,24). The van der Waals surface area contributed by atoms with Crippen molar-refractivity contribution in [2.24, 2.45) is 0 Å². The van der Waals surface area contributed by atoms with Gasteiger partial charge in [0.1, 0.15) is 17.2 Å². The minimum absolute atomic E-state index is 0.0216. The predicted octanol–water partition coefficient (Wildman–Crippen LogP) is 2.02. The monoisotopic (exact) mass is 344 g/mol. The van der Waals surface area contributed by atoms with Crippen LogP contribution in [-0.4, -0.2) is 20.4 Å². The van der Waals surface area contributed by atoms with Gasteiger partial charge in [0.25, 0.3) is 11.5 Å². The lowest BCUT2D eigenvalue weighted by Crippen LogP contribution is -2.34. The van der Waals surface area contributed by atoms with E-state index in [1.165, 1.54) is 10.8 Å². The first-order valence-electron chi connectivity index (χ1n) is 7.59. The van der Waals surface area contributed by atoms with Gasteiger partial charge in [-0.05, 0) is 37.3 Å². The molecular formula is C17H14F2N4O2. The number of carbonyl (C=O) groups is 1. The van der Waals surface area contributed by atoms with Crippen LogP contribution in [0, 0.1) is 11.6 Å². The van der Waals surface area contributed by atoms with Crippen LogP contribution in [0.4, 0.5) is 8.78 Å². The van der Waals surface area contributed by atoms with Crippen molar-refractivity contribution in [1.82, 2.24) is 19.9 Å². The third-order valence-electron chi connectivity index (χ3n) is 3.68. The van der Waals surface area contributed by atoms with Crippen LogP contribution < -0.4 is 10.9 Å². The van der Waals surface area contributed by atoms with E-state index in [1.807, 2.05) is 0 Å². The number of carbonyl (C=O) groups excluding carboxylic acids is 1. The number of hydrogen-bond donors (Lipinski definition) is 1. The van der Waals surface area contributed by atoms with Crippen LogP contribution in [0.3, 0.4) is 0 Å². The van der Waals surface area contributed by atoms with Crippen LogP contribution in [-0.2, 0) is 13.1 Å². The largest absolute Gasteiger partial charge is 0.346 e. The molecule has 6 nitrogen and oxygen atoms in total. The summed E-state index contributed by atoms with van der Waals surface area (Å²) in [6.07, 6.45) is 1.53. The highest BCUT2D eigenvalue weighted by Gasteiger charge is 2.18. The SMILES string of the molecule is CCn1c(=O)c(C(=O)NCc2cc(F)ccc2F)nc2cccnc21. The lowest BCUT2D eigenvalue weighted by atomic mass is 10.2. The van der Waals surface area contributed by atoms with Gasteiger partial charge in [-0.3, -0.25) is 14.2 Å². The van der Waals surface area contributed by atoms with Gasteiger partial charge >= 0.3 is 0 Å². The summed E-state index contributed by atoms with van der Waals surface area (Å²) >= 11 is 0. The number of pyridine rings is 1. The molecule has 1 N–H and O–H groups in total. The molecule has 128 valence electrons. The number of nitrogens with one attached hydrogen (secondary N) is 1. The third kappa shape index (κ3) is 3.23. The van der Waals surface area contributed by atoms with Crippen molar-refractivity contribution in [3.8, 4) is 0 Å². The van der Waals surface area contributed by atoms with E-state index in [-0.39, 0.29) is 17.8 Å². The molecule has 3 rings (SSSR count). The predicted molar refractivity (Wildman–Crippen MR) is 87.0 cm³/mol. The second-order valence-corrected chi connectivity index (χ2v) is 5.27. The molecule has 2 aromatic heterocycles. The molecule has 0 aliphatic carbocycles. The summed E-state index contributed by atoms with van der Waals surface area (Å²) < 4.78 is 28.1. The van der Waals surface area contributed by atoms with Gasteiger partial charge in [-0.1, -0.05) is 0 Å². The van der Waals surface area contributed by atoms with Crippen LogP contribution in [0.5, 0.6) is 0 Å². The number of hydrogen-bond acceptors (Lipinski definition) is 4. The molecule has 25 heavy (non-hydrogen) atoms. The van der Waals surface area contributed by atoms with E-state index in [1.54, 1.807) is 19.1 Å². The van der Waals surface area contributed by atoms with Gasteiger partial charge < -0.3 is 5.32 Å². The number of aromatic nitrogens is 3. The molecule has 0 radical (unpaired) electrons. The zero-order valence-corrected chi connectivity index (χ0v) is 13.3. The Morgan fingerprint density at radius 2 is 2.08 bits per heavy atom. The molecule has 8 heteroatoms. The maximum atomic E-state index is 13.6. The van der Waals surface area contributed by atoms with E-state index in [9.17, 15) is 18.4 Å². The van der Waals surface area contributed by atoms with Gasteiger partial charge in [-0.2, -0.15) is 0 Å². The van der Waals surface area contributed by atoms with Gasteiger partial charge in [-0.15, -0.1) is 0 Å². The van der Waals surface area contributed by atoms with Gasteiger partial charge in [0.05, 0.1) is 0 Å². The normalized spacial score (nSPS) is 10.8. The van der Waals surface area contributed by atoms with Crippen LogP contribution in [0.2, 0.25) is 0 Å². The lowest BCUT2D eigenvalue weighted by molar-refractivity contribution is 0.0943. The van der Waals surface area contributed by atoms with Gasteiger partial charge in [0.2, 0.25) is 0 Å². The first kappa shape index (κ1) is 16.7. The Morgan fingerprint density at radius 3 is 2.84 bits per heavy atom. The highest BCUT2D eigenvalue weighted by molar-refractivity contribution is 5.93. The van der Waals surface area contributed by atoms with Crippen molar-refractivity contribution in [2.45, 2.75) is 20.0 Å². The minimum Gasteiger partial charge on any atom is -0.346 e. The molecule has 1 aromatic carbocycles. The molecular weight excluding hydrogens is 330 g/mol. The highest BCUT2D eigenvalue weighted by Crippen LogP contribution is 2.10. The Bertz CT molecular complexity index is 1020. The fourth-order valence-electron chi connectivity index (χ4n) is 2.46. The Kier molecular flexibility index (Phi) is 4.51. The van der Waals surface area contributed by atoms with E-state index in [0.717, 1.165) is 18.2 Å². The van der Waals surface area contributed by atoms with Crippen molar-refractivity contribution in [1.29, 1.82) is 0 Å². The van der Waals surface area contributed by atoms with E-state index >= 15 is 0 Å². The lowest BCUT2D eigenvalue weighted by Gasteiger charge is -2.10. The highest BCUT2D eigenvalue weighted by atomic mass is 19.1. The van der Waals surface area contributed by atoms with Crippen molar-refractivity contribution in [3.05, 3.63) is 69.8 Å². The zero-order chi connectivity index (χ0) is 18.0. The Hall–Kier alpha value is -3.16. The Balaban J connectivity index is 1.93. The summed E-state index contributed by atoms with van der Waals surface area (Å²) in [4.78, 5) is 32.9. The number of fused-ring (bicyclic) bond motifs is 1. The van der Waals surface area contributed by atoms with Gasteiger partial charge in [0.15, 0.2) is 11.3 Å². The van der Waals surface area contributed by atoms with E-state index in [0.29, 0.717) is 17.7 Å². The number of amides is 1. The molecule has 0 saturated carbocycles. The summed E-state index contributed by atoms with van der Waals surface area (Å²) in [6.45, 7) is 1.80. The molecule has 0 spiro atoms. The van der Waals surface area contributed by atoms with Crippen molar-refractivity contribution >= 4 is 17.1 Å². The fraction of sp³-hybridized carbons (Fsp3) is 0.176. The van der Waals surface area contributed by atoms with Gasteiger partial charge in [0, 0.05) is 24.8 Å². The topological polar surface area (TPSA) is 76.9 Å². The molecule has 0 unspecified atom stereocenters. The summed E-state index contributed by atoms with van der Waals surface area (Å²) in [7, 11) is 0. The Labute approximate surface area is 141 Å². The molecule has 2 heterocycles. The Morgan fingerprint density at radius 1 is 1.28 bits per heavy atom. The third-order valence-corrected chi connectivity index (χ3v) is 3.68. The van der Waals surface area contributed by atoms with Crippen LogP contribution in [0.25, 0.3) is 11.2 Å². The summed E-state index contributed by atoms with van der Waals surface area (Å²) in [5.74, 6) is -2.03. The second-order valence-electron chi connectivity index (χ2n) is 5.27. The maximum Gasteiger partial charge on any atom is 0.283 e. The average molecular weight is 344 g/mol. The zero-order valence-electron chi connectivity index (χ0n) is 13.3. The number of nitrogens with zero attached hydrogens (tertiary/aromatic N) is 3. The number of benzene rings is 1. The molecule has 3 aromatic rings. The van der Waals surface area contributed by atoms with Crippen molar-refractivity contribution in [2.75, 3.05) is 0 Å². The van der Waals surface area contributed by atoms with E-state index < -0.39 is 23.1 Å². The minimum atomic E-state index is -0.762. The van der Waals surface area contributed by atoms with Crippen molar-refractivity contribution < 1.29 is 13.6 Å². The number of halogens is 2. The smallest absolute Gasteiger partial charge is 0.283 e. The number of rotatable bonds is 4. The fourth-order valence-corrected chi connectivity index (χ4v) is 2.46. The van der Waals surface area contributed by atoms with E-state index in [4.69, 9.17) is 0 Å². The molecule has 0 fully saturated rings. The van der Waals surface area contributed by atoms with Crippen molar-refractivity contribution in [3.63, 3.8) is 0 Å². The van der Waals surface area contributed by atoms with E-state index in [2.05, 4.69) is 15.3 Å². The van der Waals surface area contributed by atoms with Crippen LogP contribution in [0.15, 0.2) is 41.3 Å². The molecule has 0 aliphatic rings. The molecule has 0 atom stereocenters. The average Bonchev–Trinajstić information content (AvgIpc) is 2.61. The summed E-state index contributed by atoms with van der Waals surface area (Å²) in [5.41, 5.74) is -0.162. The number of aryl methyl sites for hydroxylation is 1. The summed E-state index contributed by atoms with van der Waals surface area (Å²) in [5, 5.41) is 2.40. The second kappa shape index (κ2) is 6.76. The molecule has 0 bridgehead atoms.